The van der Waals surface area contributed by atoms with Gasteiger partial charge in [0.25, 0.3) is 0 Å². The van der Waals surface area contributed by atoms with E-state index in [-0.39, 0.29) is 11.7 Å². The van der Waals surface area contributed by atoms with Crippen LogP contribution in [0.15, 0.2) is 34.8 Å². The number of thiophene rings is 1. The quantitative estimate of drug-likeness (QED) is 0.537. The zero-order chi connectivity index (χ0) is 17.1. The Bertz CT molecular complexity index is 901. The molecule has 3 rings (SSSR count). The predicted octanol–water partition coefficient (Wildman–Crippen LogP) is 3.45. The number of carbonyl (C=O) groups is 2. The van der Waals surface area contributed by atoms with E-state index in [1.807, 2.05) is 25.1 Å². The second-order valence-electron chi connectivity index (χ2n) is 5.05. The van der Waals surface area contributed by atoms with Crippen LogP contribution in [0.3, 0.4) is 0 Å². The normalized spacial score (nSPS) is 10.8. The lowest BCUT2D eigenvalue weighted by Crippen LogP contribution is -2.15. The lowest BCUT2D eigenvalue weighted by Gasteiger charge is -2.04. The summed E-state index contributed by atoms with van der Waals surface area (Å²) < 4.78 is 4.69. The molecule has 2 aromatic heterocycles. The van der Waals surface area contributed by atoms with Crippen LogP contribution in [0.1, 0.15) is 15.2 Å². The number of esters is 1. The third kappa shape index (κ3) is 3.60. The molecule has 1 amide bonds. The fourth-order valence-electron chi connectivity index (χ4n) is 2.15. The first-order valence-electron chi connectivity index (χ1n) is 7.11. The number of carbonyl (C=O) groups excluding carboxylic acids is 2. The van der Waals surface area contributed by atoms with E-state index < -0.39 is 5.97 Å². The zero-order valence-electron chi connectivity index (χ0n) is 13.1. The molecule has 1 aromatic carbocycles. The third-order valence-corrected chi connectivity index (χ3v) is 5.03. The summed E-state index contributed by atoms with van der Waals surface area (Å²) in [7, 11) is 1.31. The van der Waals surface area contributed by atoms with Gasteiger partial charge >= 0.3 is 5.97 Å². The molecule has 0 atom stereocenters. The number of anilines is 1. The molecule has 0 fully saturated rings. The minimum Gasteiger partial charge on any atom is -0.465 e. The highest BCUT2D eigenvalue weighted by Crippen LogP contribution is 2.24. The first-order valence-corrected chi connectivity index (χ1v) is 8.98. The maximum absolute atomic E-state index is 12.1. The van der Waals surface area contributed by atoms with Gasteiger partial charge in [0.1, 0.15) is 4.88 Å². The number of fused-ring (bicyclic) bond motifs is 1. The Morgan fingerprint density at radius 2 is 2.21 bits per heavy atom. The van der Waals surface area contributed by atoms with Crippen molar-refractivity contribution in [2.45, 2.75) is 12.1 Å². The van der Waals surface area contributed by atoms with Crippen molar-refractivity contribution in [2.24, 2.45) is 0 Å². The van der Waals surface area contributed by atoms with E-state index in [4.69, 9.17) is 0 Å². The minimum atomic E-state index is -0.458. The number of rotatable bonds is 5. The smallest absolute Gasteiger partial charge is 0.350 e. The van der Waals surface area contributed by atoms with Gasteiger partial charge in [-0.3, -0.25) is 4.79 Å². The standard InChI is InChI=1S/C16H15N3O3S2/c1-9-3-4-10-12(7-9)19-16(18-10)24-8-13(20)17-11-5-6-23-14(11)15(21)22-2/h3-7H,8H2,1-2H3,(H,17,20)(H,18,19). The number of aryl methyl sites for hydroxylation is 1. The summed E-state index contributed by atoms with van der Waals surface area (Å²) in [5.41, 5.74) is 3.43. The van der Waals surface area contributed by atoms with E-state index >= 15 is 0 Å². The van der Waals surface area contributed by atoms with E-state index in [2.05, 4.69) is 20.0 Å². The van der Waals surface area contributed by atoms with E-state index in [0.717, 1.165) is 16.6 Å². The number of thioether (sulfide) groups is 1. The highest BCUT2D eigenvalue weighted by atomic mass is 32.2. The highest BCUT2D eigenvalue weighted by Gasteiger charge is 2.16. The average Bonchev–Trinajstić information content (AvgIpc) is 3.18. The summed E-state index contributed by atoms with van der Waals surface area (Å²) in [6.07, 6.45) is 0. The Morgan fingerprint density at radius 3 is 3.00 bits per heavy atom. The Hall–Kier alpha value is -2.32. The van der Waals surface area contributed by atoms with Crippen molar-refractivity contribution < 1.29 is 14.3 Å². The second-order valence-corrected chi connectivity index (χ2v) is 6.93. The number of amides is 1. The van der Waals surface area contributed by atoms with Gasteiger partial charge in [-0.05, 0) is 36.1 Å². The summed E-state index contributed by atoms with van der Waals surface area (Å²) in [5, 5.41) is 5.14. The maximum atomic E-state index is 12.1. The number of nitrogens with one attached hydrogen (secondary N) is 2. The Balaban J connectivity index is 1.63. The van der Waals surface area contributed by atoms with Crippen LogP contribution in [0.2, 0.25) is 0 Å². The van der Waals surface area contributed by atoms with Gasteiger partial charge in [-0.1, -0.05) is 17.8 Å². The number of nitrogens with zero attached hydrogens (tertiary/aromatic N) is 1. The van der Waals surface area contributed by atoms with Crippen molar-refractivity contribution >= 4 is 51.7 Å². The van der Waals surface area contributed by atoms with Crippen LogP contribution in [0.5, 0.6) is 0 Å². The molecule has 0 radical (unpaired) electrons. The molecule has 0 aliphatic heterocycles. The van der Waals surface area contributed by atoms with Gasteiger partial charge in [0.05, 0.1) is 29.6 Å². The van der Waals surface area contributed by atoms with Crippen LogP contribution in [0, 0.1) is 6.92 Å². The number of methoxy groups -OCH3 is 1. The van der Waals surface area contributed by atoms with E-state index in [0.29, 0.717) is 15.7 Å². The lowest BCUT2D eigenvalue weighted by molar-refractivity contribution is -0.113. The molecule has 8 heteroatoms. The summed E-state index contributed by atoms with van der Waals surface area (Å²) in [5.74, 6) is -0.476. The summed E-state index contributed by atoms with van der Waals surface area (Å²) >= 11 is 2.54. The van der Waals surface area contributed by atoms with Gasteiger partial charge in [-0.15, -0.1) is 11.3 Å². The molecule has 2 heterocycles. The molecule has 0 aliphatic rings. The summed E-state index contributed by atoms with van der Waals surface area (Å²) in [4.78, 5) is 31.7. The molecular weight excluding hydrogens is 346 g/mol. The molecule has 2 N–H and O–H groups in total. The van der Waals surface area contributed by atoms with Crippen molar-refractivity contribution in [3.05, 3.63) is 40.1 Å². The van der Waals surface area contributed by atoms with Crippen molar-refractivity contribution in [2.75, 3.05) is 18.2 Å². The number of aromatic amines is 1. The number of ether oxygens (including phenoxy) is 1. The SMILES string of the molecule is COC(=O)c1sccc1NC(=O)CSc1nc2ccc(C)cc2[nH]1. The lowest BCUT2D eigenvalue weighted by atomic mass is 10.2. The van der Waals surface area contributed by atoms with Gasteiger partial charge in [-0.2, -0.15) is 0 Å². The van der Waals surface area contributed by atoms with Gasteiger partial charge in [-0.25, -0.2) is 9.78 Å². The van der Waals surface area contributed by atoms with Crippen molar-refractivity contribution in [3.63, 3.8) is 0 Å². The summed E-state index contributed by atoms with van der Waals surface area (Å²) in [6, 6.07) is 7.64. The molecule has 0 spiro atoms. The van der Waals surface area contributed by atoms with Crippen molar-refractivity contribution in [1.29, 1.82) is 0 Å². The predicted molar refractivity (Wildman–Crippen MR) is 95.8 cm³/mol. The van der Waals surface area contributed by atoms with Gasteiger partial charge in [0, 0.05) is 0 Å². The van der Waals surface area contributed by atoms with Gasteiger partial charge in [0.15, 0.2) is 5.16 Å². The van der Waals surface area contributed by atoms with E-state index in [9.17, 15) is 9.59 Å². The van der Waals surface area contributed by atoms with Crippen molar-refractivity contribution in [1.82, 2.24) is 9.97 Å². The molecule has 0 saturated carbocycles. The number of benzene rings is 1. The van der Waals surface area contributed by atoms with Gasteiger partial charge < -0.3 is 15.0 Å². The Morgan fingerprint density at radius 1 is 1.38 bits per heavy atom. The van der Waals surface area contributed by atoms with Crippen LogP contribution in [-0.4, -0.2) is 34.7 Å². The molecule has 0 saturated heterocycles. The van der Waals surface area contributed by atoms with Crippen LogP contribution >= 0.6 is 23.1 Å². The first kappa shape index (κ1) is 16.5. The zero-order valence-corrected chi connectivity index (χ0v) is 14.7. The fourth-order valence-corrected chi connectivity index (χ4v) is 3.60. The Kier molecular flexibility index (Phi) is 4.86. The monoisotopic (exact) mass is 361 g/mol. The number of imidazole rings is 1. The van der Waals surface area contributed by atoms with Gasteiger partial charge in [0.2, 0.25) is 5.91 Å². The molecule has 0 unspecified atom stereocenters. The highest BCUT2D eigenvalue weighted by molar-refractivity contribution is 7.99. The molecule has 0 bridgehead atoms. The molecule has 6 nitrogen and oxygen atoms in total. The van der Waals surface area contributed by atoms with Crippen LogP contribution in [0.4, 0.5) is 5.69 Å². The third-order valence-electron chi connectivity index (χ3n) is 3.27. The summed E-state index contributed by atoms with van der Waals surface area (Å²) in [6.45, 7) is 2.01. The van der Waals surface area contributed by atoms with Crippen LogP contribution in [0.25, 0.3) is 11.0 Å². The molecule has 3 aromatic rings. The van der Waals surface area contributed by atoms with Crippen LogP contribution < -0.4 is 5.32 Å². The fraction of sp³-hybridized carbons (Fsp3) is 0.188. The molecule has 124 valence electrons. The number of hydrogen-bond donors (Lipinski definition) is 2. The van der Waals surface area contributed by atoms with E-state index in [1.165, 1.54) is 30.2 Å². The number of H-pyrrole nitrogens is 1. The second kappa shape index (κ2) is 7.06. The van der Waals surface area contributed by atoms with E-state index in [1.54, 1.807) is 11.4 Å². The first-order chi connectivity index (χ1) is 11.6. The number of hydrogen-bond acceptors (Lipinski definition) is 6. The minimum absolute atomic E-state index is 0.190. The largest absolute Gasteiger partial charge is 0.465 e. The topological polar surface area (TPSA) is 84.1 Å². The van der Waals surface area contributed by atoms with Crippen LogP contribution in [-0.2, 0) is 9.53 Å². The maximum Gasteiger partial charge on any atom is 0.350 e. The average molecular weight is 361 g/mol. The molecule has 24 heavy (non-hydrogen) atoms. The molecular formula is C16H15N3O3S2. The Labute approximate surface area is 146 Å². The van der Waals surface area contributed by atoms with Crippen molar-refractivity contribution in [3.8, 4) is 0 Å². The molecule has 0 aliphatic carbocycles. The number of aromatic nitrogens is 2.